The third-order valence-corrected chi connectivity index (χ3v) is 3.76. The summed E-state index contributed by atoms with van der Waals surface area (Å²) in [6.45, 7) is 0. The SMILES string of the molecule is N#Cc1ccc(Sc2ccc(F)cc2)cc1Br. The van der Waals surface area contributed by atoms with Crippen LogP contribution in [0, 0.1) is 17.1 Å². The van der Waals surface area contributed by atoms with Crippen molar-refractivity contribution in [1.82, 2.24) is 0 Å². The highest BCUT2D eigenvalue weighted by Gasteiger charge is 2.02. The molecule has 0 aliphatic rings. The normalized spacial score (nSPS) is 9.94. The second kappa shape index (κ2) is 5.35. The van der Waals surface area contributed by atoms with Crippen molar-refractivity contribution < 1.29 is 4.39 Å². The predicted molar refractivity (Wildman–Crippen MR) is 69.4 cm³/mol. The Morgan fingerprint density at radius 3 is 2.29 bits per heavy atom. The molecule has 0 aliphatic carbocycles. The highest BCUT2D eigenvalue weighted by atomic mass is 79.9. The lowest BCUT2D eigenvalue weighted by Crippen LogP contribution is -1.79. The Bertz CT molecular complexity index is 575. The molecule has 0 N–H and O–H groups in total. The molecule has 2 rings (SSSR count). The third kappa shape index (κ3) is 3.09. The van der Waals surface area contributed by atoms with Gasteiger partial charge in [-0.15, -0.1) is 0 Å². The number of nitrogens with zero attached hydrogens (tertiary/aromatic N) is 1. The van der Waals surface area contributed by atoms with Crippen molar-refractivity contribution in [1.29, 1.82) is 5.26 Å². The number of rotatable bonds is 2. The van der Waals surface area contributed by atoms with Gasteiger partial charge in [0.1, 0.15) is 11.9 Å². The highest BCUT2D eigenvalue weighted by Crippen LogP contribution is 2.30. The van der Waals surface area contributed by atoms with Crippen LogP contribution in [-0.2, 0) is 0 Å². The van der Waals surface area contributed by atoms with E-state index < -0.39 is 0 Å². The first-order chi connectivity index (χ1) is 8.19. The average Bonchev–Trinajstić information content (AvgIpc) is 2.32. The maximum Gasteiger partial charge on any atom is 0.123 e. The number of hydrogen-bond acceptors (Lipinski definition) is 2. The molecule has 0 radical (unpaired) electrons. The summed E-state index contributed by atoms with van der Waals surface area (Å²) in [6.07, 6.45) is 0. The fourth-order valence-electron chi connectivity index (χ4n) is 1.29. The Kier molecular flexibility index (Phi) is 3.82. The van der Waals surface area contributed by atoms with E-state index in [-0.39, 0.29) is 5.82 Å². The van der Waals surface area contributed by atoms with Gasteiger partial charge < -0.3 is 0 Å². The molecule has 0 fully saturated rings. The van der Waals surface area contributed by atoms with Gasteiger partial charge in [-0.2, -0.15) is 5.26 Å². The summed E-state index contributed by atoms with van der Waals surface area (Å²) in [6, 6.07) is 13.9. The van der Waals surface area contributed by atoms with Crippen LogP contribution in [0.1, 0.15) is 5.56 Å². The van der Waals surface area contributed by atoms with Gasteiger partial charge in [-0.05, 0) is 58.4 Å². The van der Waals surface area contributed by atoms with E-state index in [1.54, 1.807) is 18.2 Å². The lowest BCUT2D eigenvalue weighted by atomic mass is 10.2. The van der Waals surface area contributed by atoms with Crippen LogP contribution >= 0.6 is 27.7 Å². The van der Waals surface area contributed by atoms with E-state index in [0.29, 0.717) is 5.56 Å². The Morgan fingerprint density at radius 1 is 1.06 bits per heavy atom. The zero-order chi connectivity index (χ0) is 12.3. The average molecular weight is 308 g/mol. The van der Waals surface area contributed by atoms with Gasteiger partial charge in [0, 0.05) is 14.3 Å². The fraction of sp³-hybridized carbons (Fsp3) is 0. The van der Waals surface area contributed by atoms with Crippen LogP contribution in [0.15, 0.2) is 56.7 Å². The molecule has 0 spiro atoms. The van der Waals surface area contributed by atoms with E-state index in [2.05, 4.69) is 22.0 Å². The van der Waals surface area contributed by atoms with Gasteiger partial charge in [-0.3, -0.25) is 0 Å². The molecular formula is C13H7BrFNS. The van der Waals surface area contributed by atoms with Crippen LogP contribution < -0.4 is 0 Å². The third-order valence-electron chi connectivity index (χ3n) is 2.11. The quantitative estimate of drug-likeness (QED) is 0.809. The largest absolute Gasteiger partial charge is 0.207 e. The molecule has 2 aromatic carbocycles. The molecule has 4 heteroatoms. The minimum Gasteiger partial charge on any atom is -0.207 e. The summed E-state index contributed by atoms with van der Waals surface area (Å²) in [5.41, 5.74) is 0.605. The summed E-state index contributed by atoms with van der Waals surface area (Å²) in [4.78, 5) is 1.96. The Morgan fingerprint density at radius 2 is 1.71 bits per heavy atom. The summed E-state index contributed by atoms with van der Waals surface area (Å²) in [7, 11) is 0. The van der Waals surface area contributed by atoms with Crippen LogP contribution in [0.25, 0.3) is 0 Å². The molecule has 17 heavy (non-hydrogen) atoms. The molecule has 2 aromatic rings. The van der Waals surface area contributed by atoms with Gasteiger partial charge in [-0.1, -0.05) is 11.8 Å². The Labute approximate surface area is 111 Å². The summed E-state index contributed by atoms with van der Waals surface area (Å²) in [5, 5.41) is 8.80. The van der Waals surface area contributed by atoms with Gasteiger partial charge in [0.25, 0.3) is 0 Å². The van der Waals surface area contributed by atoms with E-state index >= 15 is 0 Å². The predicted octanol–water partition coefficient (Wildman–Crippen LogP) is 4.61. The van der Waals surface area contributed by atoms with Crippen LogP contribution in [0.2, 0.25) is 0 Å². The molecule has 1 nitrogen and oxygen atoms in total. The van der Waals surface area contributed by atoms with Gasteiger partial charge >= 0.3 is 0 Å². The van der Waals surface area contributed by atoms with Crippen molar-refractivity contribution in [3.8, 4) is 6.07 Å². The first-order valence-corrected chi connectivity index (χ1v) is 6.43. The van der Waals surface area contributed by atoms with Crippen molar-refractivity contribution in [2.75, 3.05) is 0 Å². The van der Waals surface area contributed by atoms with Crippen LogP contribution in [-0.4, -0.2) is 0 Å². The lowest BCUT2D eigenvalue weighted by molar-refractivity contribution is 0.626. The van der Waals surface area contributed by atoms with Crippen molar-refractivity contribution in [3.63, 3.8) is 0 Å². The Balaban J connectivity index is 2.22. The molecule has 0 amide bonds. The maximum absolute atomic E-state index is 12.7. The number of hydrogen-bond donors (Lipinski definition) is 0. The van der Waals surface area contributed by atoms with E-state index in [9.17, 15) is 4.39 Å². The van der Waals surface area contributed by atoms with Gasteiger partial charge in [0.2, 0.25) is 0 Å². The van der Waals surface area contributed by atoms with E-state index in [1.807, 2.05) is 12.1 Å². The Hall–Kier alpha value is -1.31. The highest BCUT2D eigenvalue weighted by molar-refractivity contribution is 9.10. The van der Waals surface area contributed by atoms with Gasteiger partial charge in [-0.25, -0.2) is 4.39 Å². The molecule has 0 saturated carbocycles. The molecule has 0 atom stereocenters. The second-order valence-electron chi connectivity index (χ2n) is 3.31. The van der Waals surface area contributed by atoms with Gasteiger partial charge in [0.15, 0.2) is 0 Å². The first kappa shape index (κ1) is 12.2. The zero-order valence-electron chi connectivity index (χ0n) is 8.65. The minimum absolute atomic E-state index is 0.240. The number of benzene rings is 2. The van der Waals surface area contributed by atoms with E-state index in [1.165, 1.54) is 23.9 Å². The van der Waals surface area contributed by atoms with Crippen LogP contribution in [0.5, 0.6) is 0 Å². The topological polar surface area (TPSA) is 23.8 Å². The molecule has 0 bridgehead atoms. The number of halogens is 2. The monoisotopic (exact) mass is 307 g/mol. The molecule has 0 heterocycles. The summed E-state index contributed by atoms with van der Waals surface area (Å²) >= 11 is 4.86. The van der Waals surface area contributed by atoms with E-state index in [0.717, 1.165) is 14.3 Å². The first-order valence-electron chi connectivity index (χ1n) is 4.82. The number of nitriles is 1. The molecule has 0 saturated heterocycles. The standard InChI is InChI=1S/C13H7BrFNS/c14-13-7-12(4-1-9(13)8-16)17-11-5-2-10(15)3-6-11/h1-7H. The van der Waals surface area contributed by atoms with Crippen LogP contribution in [0.4, 0.5) is 4.39 Å². The van der Waals surface area contributed by atoms with Crippen LogP contribution in [0.3, 0.4) is 0 Å². The fourth-order valence-corrected chi connectivity index (χ4v) is 2.76. The minimum atomic E-state index is -0.240. The maximum atomic E-state index is 12.7. The van der Waals surface area contributed by atoms with Crippen molar-refractivity contribution in [2.45, 2.75) is 9.79 Å². The molecular weight excluding hydrogens is 301 g/mol. The smallest absolute Gasteiger partial charge is 0.123 e. The lowest BCUT2D eigenvalue weighted by Gasteiger charge is -2.03. The van der Waals surface area contributed by atoms with Crippen molar-refractivity contribution in [2.24, 2.45) is 0 Å². The summed E-state index contributed by atoms with van der Waals surface area (Å²) in [5.74, 6) is -0.240. The van der Waals surface area contributed by atoms with Gasteiger partial charge in [0.05, 0.1) is 5.56 Å². The zero-order valence-corrected chi connectivity index (χ0v) is 11.1. The molecule has 0 unspecified atom stereocenters. The molecule has 0 aliphatic heterocycles. The van der Waals surface area contributed by atoms with E-state index in [4.69, 9.17) is 5.26 Å². The van der Waals surface area contributed by atoms with Crippen molar-refractivity contribution in [3.05, 3.63) is 58.3 Å². The molecule has 84 valence electrons. The molecule has 0 aromatic heterocycles. The van der Waals surface area contributed by atoms with Crippen molar-refractivity contribution >= 4 is 27.7 Å². The summed E-state index contributed by atoms with van der Waals surface area (Å²) < 4.78 is 13.5. The second-order valence-corrected chi connectivity index (χ2v) is 5.31.